The van der Waals surface area contributed by atoms with Crippen LogP contribution in [-0.4, -0.2) is 24.7 Å². The average Bonchev–Trinajstić information content (AvgIpc) is 2.84. The van der Waals surface area contributed by atoms with E-state index in [0.29, 0.717) is 0 Å². The molecule has 1 fully saturated rings. The lowest BCUT2D eigenvalue weighted by Gasteiger charge is -2.42. The maximum atomic E-state index is 5.69. The van der Waals surface area contributed by atoms with Gasteiger partial charge >= 0.3 is 0 Å². The van der Waals surface area contributed by atoms with Gasteiger partial charge in [0.05, 0.1) is 11.6 Å². The first-order chi connectivity index (χ1) is 7.83. The van der Waals surface area contributed by atoms with Crippen LogP contribution in [0.25, 0.3) is 0 Å². The van der Waals surface area contributed by atoms with E-state index in [2.05, 4.69) is 22.6 Å². The number of methoxy groups -OCH3 is 1. The average molecular weight is 240 g/mol. The third-order valence-corrected chi connectivity index (χ3v) is 4.38. The summed E-state index contributed by atoms with van der Waals surface area (Å²) in [6.45, 7) is 3.11. The van der Waals surface area contributed by atoms with Crippen molar-refractivity contribution < 1.29 is 4.74 Å². The first kappa shape index (κ1) is 12.0. The molecule has 1 aromatic heterocycles. The number of hydrogen-bond donors (Lipinski definition) is 1. The van der Waals surface area contributed by atoms with Crippen LogP contribution in [0.3, 0.4) is 0 Å². The van der Waals surface area contributed by atoms with E-state index in [9.17, 15) is 0 Å². The molecule has 0 aromatic carbocycles. The summed E-state index contributed by atoms with van der Waals surface area (Å²) in [5.74, 6) is 0. The summed E-state index contributed by atoms with van der Waals surface area (Å²) < 4.78 is 5.69. The number of nitrogens with zero attached hydrogens (tertiary/aromatic N) is 1. The maximum Gasteiger partial charge on any atom is 0.115 e. The fraction of sp³-hybridized carbons (Fsp3) is 0.750. The number of likely N-dealkylation sites (N-methyl/N-ethyl adjacent to an activating group) is 1. The highest BCUT2D eigenvalue weighted by Crippen LogP contribution is 2.39. The normalized spacial score (nSPS) is 30.5. The van der Waals surface area contributed by atoms with E-state index in [4.69, 9.17) is 4.74 Å². The summed E-state index contributed by atoms with van der Waals surface area (Å²) in [5, 5.41) is 6.86. The molecule has 1 N–H and O–H groups in total. The second kappa shape index (κ2) is 5.25. The van der Waals surface area contributed by atoms with Gasteiger partial charge in [0.2, 0.25) is 0 Å². The number of thiazole rings is 1. The predicted octanol–water partition coefficient (Wildman–Crippen LogP) is 2.54. The Bertz CT molecular complexity index is 311. The Morgan fingerprint density at radius 1 is 1.62 bits per heavy atom. The second-order valence-corrected chi connectivity index (χ2v) is 5.20. The van der Waals surface area contributed by atoms with E-state index < -0.39 is 0 Å². The molecule has 0 spiro atoms. The molecule has 0 bridgehead atoms. The summed E-state index contributed by atoms with van der Waals surface area (Å²) in [6, 6.07) is 0. The molecular weight excluding hydrogens is 220 g/mol. The van der Waals surface area contributed by atoms with Crippen molar-refractivity contribution >= 4 is 11.3 Å². The van der Waals surface area contributed by atoms with Crippen LogP contribution < -0.4 is 5.32 Å². The summed E-state index contributed by atoms with van der Waals surface area (Å²) in [4.78, 5) is 4.50. The van der Waals surface area contributed by atoms with Crippen molar-refractivity contribution in [2.24, 2.45) is 0 Å². The lowest BCUT2D eigenvalue weighted by atomic mass is 9.79. The molecule has 0 amide bonds. The van der Waals surface area contributed by atoms with Gasteiger partial charge in [0, 0.05) is 18.7 Å². The Morgan fingerprint density at radius 3 is 3.12 bits per heavy atom. The second-order valence-electron chi connectivity index (χ2n) is 4.31. The van der Waals surface area contributed by atoms with Gasteiger partial charge in [-0.1, -0.05) is 19.8 Å². The van der Waals surface area contributed by atoms with Crippen LogP contribution in [0.15, 0.2) is 11.6 Å². The molecule has 0 radical (unpaired) electrons. The van der Waals surface area contributed by atoms with Gasteiger partial charge in [-0.3, -0.25) is 0 Å². The van der Waals surface area contributed by atoms with Gasteiger partial charge in [-0.15, -0.1) is 11.3 Å². The molecule has 0 saturated heterocycles. The van der Waals surface area contributed by atoms with Crippen LogP contribution in [0.4, 0.5) is 0 Å². The third-order valence-electron chi connectivity index (χ3n) is 3.43. The maximum absolute atomic E-state index is 5.69. The minimum absolute atomic E-state index is 0.0457. The number of rotatable bonds is 4. The smallest absolute Gasteiger partial charge is 0.115 e. The highest BCUT2D eigenvalue weighted by molar-refractivity contribution is 7.09. The zero-order chi connectivity index (χ0) is 11.4. The lowest BCUT2D eigenvalue weighted by molar-refractivity contribution is -0.0147. The Kier molecular flexibility index (Phi) is 3.95. The van der Waals surface area contributed by atoms with E-state index in [0.717, 1.165) is 19.4 Å². The molecule has 90 valence electrons. The van der Waals surface area contributed by atoms with Gasteiger partial charge < -0.3 is 10.1 Å². The zero-order valence-corrected chi connectivity index (χ0v) is 10.8. The van der Waals surface area contributed by atoms with Crippen LogP contribution in [0, 0.1) is 0 Å². The molecule has 2 unspecified atom stereocenters. The number of ether oxygens (including phenoxy) is 1. The monoisotopic (exact) mass is 240 g/mol. The van der Waals surface area contributed by atoms with E-state index in [1.165, 1.54) is 17.8 Å². The van der Waals surface area contributed by atoms with Gasteiger partial charge in [0.1, 0.15) is 5.01 Å². The summed E-state index contributed by atoms with van der Waals surface area (Å²) >= 11 is 1.73. The first-order valence-electron chi connectivity index (χ1n) is 6.01. The van der Waals surface area contributed by atoms with Gasteiger partial charge in [0.25, 0.3) is 0 Å². The summed E-state index contributed by atoms with van der Waals surface area (Å²) in [7, 11) is 1.82. The van der Waals surface area contributed by atoms with Crippen molar-refractivity contribution in [2.75, 3.05) is 13.7 Å². The predicted molar refractivity (Wildman–Crippen MR) is 66.7 cm³/mol. The van der Waals surface area contributed by atoms with Gasteiger partial charge in [0.15, 0.2) is 0 Å². The Hall–Kier alpha value is -0.450. The quantitative estimate of drug-likeness (QED) is 0.878. The SMILES string of the molecule is CCNC1(c2nccs2)CCCCC1OC. The van der Waals surface area contributed by atoms with Crippen molar-refractivity contribution in [3.8, 4) is 0 Å². The van der Waals surface area contributed by atoms with Gasteiger partial charge in [-0.25, -0.2) is 4.98 Å². The summed E-state index contributed by atoms with van der Waals surface area (Å²) in [5.41, 5.74) is -0.0457. The molecule has 4 heteroatoms. The lowest BCUT2D eigenvalue weighted by Crippen LogP contribution is -2.54. The molecule has 2 atom stereocenters. The number of hydrogen-bond acceptors (Lipinski definition) is 4. The zero-order valence-electron chi connectivity index (χ0n) is 10.0. The molecule has 0 aliphatic heterocycles. The molecule has 1 aliphatic carbocycles. The fourth-order valence-electron chi connectivity index (χ4n) is 2.74. The van der Waals surface area contributed by atoms with E-state index in [-0.39, 0.29) is 11.6 Å². The van der Waals surface area contributed by atoms with Gasteiger partial charge in [-0.05, 0) is 19.4 Å². The first-order valence-corrected chi connectivity index (χ1v) is 6.89. The van der Waals surface area contributed by atoms with E-state index >= 15 is 0 Å². The number of nitrogens with one attached hydrogen (secondary N) is 1. The van der Waals surface area contributed by atoms with Crippen molar-refractivity contribution in [3.05, 3.63) is 16.6 Å². The van der Waals surface area contributed by atoms with Crippen LogP contribution in [0.1, 0.15) is 37.6 Å². The minimum Gasteiger partial charge on any atom is -0.379 e. The molecular formula is C12H20N2OS. The Balaban J connectivity index is 2.31. The Morgan fingerprint density at radius 2 is 2.50 bits per heavy atom. The van der Waals surface area contributed by atoms with Crippen molar-refractivity contribution in [1.29, 1.82) is 0 Å². The number of aromatic nitrogens is 1. The molecule has 1 aliphatic rings. The highest BCUT2D eigenvalue weighted by atomic mass is 32.1. The third kappa shape index (κ3) is 2.01. The van der Waals surface area contributed by atoms with Gasteiger partial charge in [-0.2, -0.15) is 0 Å². The summed E-state index contributed by atoms with van der Waals surface area (Å²) in [6.07, 6.45) is 6.92. The molecule has 1 saturated carbocycles. The molecule has 16 heavy (non-hydrogen) atoms. The van der Waals surface area contributed by atoms with E-state index in [1.807, 2.05) is 13.3 Å². The Labute approximate surface area is 101 Å². The van der Waals surface area contributed by atoms with Crippen LogP contribution in [-0.2, 0) is 10.3 Å². The topological polar surface area (TPSA) is 34.2 Å². The highest BCUT2D eigenvalue weighted by Gasteiger charge is 2.43. The largest absolute Gasteiger partial charge is 0.379 e. The van der Waals surface area contributed by atoms with E-state index in [1.54, 1.807) is 11.3 Å². The molecule has 3 nitrogen and oxygen atoms in total. The van der Waals surface area contributed by atoms with Crippen molar-refractivity contribution in [2.45, 2.75) is 44.2 Å². The molecule has 2 rings (SSSR count). The van der Waals surface area contributed by atoms with Crippen molar-refractivity contribution in [3.63, 3.8) is 0 Å². The molecule has 1 heterocycles. The van der Waals surface area contributed by atoms with Crippen LogP contribution >= 0.6 is 11.3 Å². The van der Waals surface area contributed by atoms with Crippen LogP contribution in [0.2, 0.25) is 0 Å². The van der Waals surface area contributed by atoms with Crippen molar-refractivity contribution in [1.82, 2.24) is 10.3 Å². The molecule has 1 aromatic rings. The van der Waals surface area contributed by atoms with Crippen LogP contribution in [0.5, 0.6) is 0 Å². The standard InChI is InChI=1S/C12H20N2OS/c1-3-14-12(11-13-8-9-16-11)7-5-4-6-10(12)15-2/h8-10,14H,3-7H2,1-2H3. The fourth-order valence-corrected chi connectivity index (χ4v) is 3.63. The minimum atomic E-state index is -0.0457.